The van der Waals surface area contributed by atoms with Gasteiger partial charge in [-0.3, -0.25) is 0 Å². The van der Waals surface area contributed by atoms with Crippen LogP contribution in [0.4, 0.5) is 4.39 Å². The molecule has 0 radical (unpaired) electrons. The molecule has 0 aromatic carbocycles. The second-order valence-corrected chi connectivity index (χ2v) is 4.66. The van der Waals surface area contributed by atoms with Crippen LogP contribution in [0.25, 0.3) is 0 Å². The maximum absolute atomic E-state index is 14.5. The standard InChI is InChI=1S/C11H19FO/c1-3-10(12)8-9-4-6-11(10,13-2)7-5-9/h9H,3-8H2,1-2H3. The molecule has 1 atom stereocenters. The van der Waals surface area contributed by atoms with Crippen molar-refractivity contribution >= 4 is 0 Å². The second-order valence-electron chi connectivity index (χ2n) is 4.66. The van der Waals surface area contributed by atoms with Gasteiger partial charge in [0.1, 0.15) is 11.3 Å². The first-order valence-electron chi connectivity index (χ1n) is 5.40. The van der Waals surface area contributed by atoms with Crippen LogP contribution in [0, 0.1) is 5.92 Å². The molecule has 13 heavy (non-hydrogen) atoms. The van der Waals surface area contributed by atoms with Crippen molar-refractivity contribution in [2.45, 2.75) is 56.7 Å². The van der Waals surface area contributed by atoms with Gasteiger partial charge in [0.25, 0.3) is 0 Å². The summed E-state index contributed by atoms with van der Waals surface area (Å²) in [5.74, 6) is 0.627. The van der Waals surface area contributed by atoms with Gasteiger partial charge in [0, 0.05) is 7.11 Å². The van der Waals surface area contributed by atoms with E-state index in [1.54, 1.807) is 7.11 Å². The Balaban J connectivity index is 2.28. The molecule has 3 rings (SSSR count). The minimum atomic E-state index is -1.04. The van der Waals surface area contributed by atoms with Crippen LogP contribution in [-0.4, -0.2) is 18.4 Å². The molecule has 3 aliphatic rings. The quantitative estimate of drug-likeness (QED) is 0.644. The van der Waals surface area contributed by atoms with Gasteiger partial charge in [-0.2, -0.15) is 0 Å². The van der Waals surface area contributed by atoms with Gasteiger partial charge in [0.2, 0.25) is 0 Å². The summed E-state index contributed by atoms with van der Waals surface area (Å²) < 4.78 is 20.0. The summed E-state index contributed by atoms with van der Waals surface area (Å²) >= 11 is 0. The van der Waals surface area contributed by atoms with Gasteiger partial charge < -0.3 is 4.74 Å². The summed E-state index contributed by atoms with van der Waals surface area (Å²) in [7, 11) is 1.68. The van der Waals surface area contributed by atoms with Crippen LogP contribution in [0.5, 0.6) is 0 Å². The zero-order chi connectivity index (χ0) is 9.53. The van der Waals surface area contributed by atoms with E-state index in [2.05, 4.69) is 0 Å². The van der Waals surface area contributed by atoms with Crippen LogP contribution in [0.15, 0.2) is 0 Å². The Kier molecular flexibility index (Phi) is 2.14. The highest BCUT2D eigenvalue weighted by atomic mass is 19.1. The van der Waals surface area contributed by atoms with Crippen molar-refractivity contribution in [1.29, 1.82) is 0 Å². The number of ether oxygens (including phenoxy) is 1. The fourth-order valence-corrected chi connectivity index (χ4v) is 3.29. The van der Waals surface area contributed by atoms with Crippen LogP contribution in [0.2, 0.25) is 0 Å². The Morgan fingerprint density at radius 3 is 2.38 bits per heavy atom. The van der Waals surface area contributed by atoms with Gasteiger partial charge in [-0.1, -0.05) is 6.92 Å². The first-order valence-corrected chi connectivity index (χ1v) is 5.40. The van der Waals surface area contributed by atoms with Gasteiger partial charge in [-0.05, 0) is 44.4 Å². The molecule has 0 aromatic heterocycles. The minimum Gasteiger partial charge on any atom is -0.375 e. The summed E-state index contributed by atoms with van der Waals surface area (Å²) in [5.41, 5.74) is -1.47. The van der Waals surface area contributed by atoms with Crippen LogP contribution in [-0.2, 0) is 4.74 Å². The summed E-state index contributed by atoms with van der Waals surface area (Å²) in [6, 6.07) is 0. The molecule has 3 saturated carbocycles. The molecule has 1 unspecified atom stereocenters. The van der Waals surface area contributed by atoms with Crippen LogP contribution >= 0.6 is 0 Å². The summed E-state index contributed by atoms with van der Waals surface area (Å²) in [5, 5.41) is 0. The predicted molar refractivity (Wildman–Crippen MR) is 50.4 cm³/mol. The highest BCUT2D eigenvalue weighted by molar-refractivity contribution is 5.09. The number of methoxy groups -OCH3 is 1. The Bertz CT molecular complexity index is 196. The Labute approximate surface area is 79.7 Å². The topological polar surface area (TPSA) is 9.23 Å². The molecule has 0 aromatic rings. The van der Waals surface area contributed by atoms with Crippen molar-refractivity contribution in [3.05, 3.63) is 0 Å². The normalized spacial score (nSPS) is 49.6. The fourth-order valence-electron chi connectivity index (χ4n) is 3.29. The van der Waals surface area contributed by atoms with Crippen molar-refractivity contribution in [2.24, 2.45) is 5.92 Å². The van der Waals surface area contributed by atoms with E-state index in [1.165, 1.54) is 12.8 Å². The minimum absolute atomic E-state index is 0.434. The molecule has 2 bridgehead atoms. The molecule has 0 N–H and O–H groups in total. The Morgan fingerprint density at radius 1 is 1.38 bits per heavy atom. The maximum atomic E-state index is 14.5. The fraction of sp³-hybridized carbons (Fsp3) is 1.00. The molecule has 1 nitrogen and oxygen atoms in total. The second kappa shape index (κ2) is 2.94. The third-order valence-electron chi connectivity index (χ3n) is 4.29. The molecule has 3 aliphatic carbocycles. The smallest absolute Gasteiger partial charge is 0.139 e. The van der Waals surface area contributed by atoms with E-state index in [-0.39, 0.29) is 0 Å². The van der Waals surface area contributed by atoms with Crippen molar-refractivity contribution in [3.63, 3.8) is 0 Å². The van der Waals surface area contributed by atoms with Gasteiger partial charge in [0.05, 0.1) is 0 Å². The molecule has 0 heterocycles. The van der Waals surface area contributed by atoms with E-state index in [0.29, 0.717) is 12.3 Å². The molecule has 3 fully saturated rings. The van der Waals surface area contributed by atoms with Gasteiger partial charge in [-0.25, -0.2) is 4.39 Å². The number of hydrogen-bond acceptors (Lipinski definition) is 1. The van der Waals surface area contributed by atoms with Crippen molar-refractivity contribution in [2.75, 3.05) is 7.11 Å². The third-order valence-corrected chi connectivity index (χ3v) is 4.29. The zero-order valence-corrected chi connectivity index (χ0v) is 8.61. The van der Waals surface area contributed by atoms with Crippen LogP contribution in [0.1, 0.15) is 45.4 Å². The van der Waals surface area contributed by atoms with Crippen molar-refractivity contribution in [1.82, 2.24) is 0 Å². The van der Waals surface area contributed by atoms with E-state index in [1.807, 2.05) is 6.92 Å². The van der Waals surface area contributed by atoms with Crippen LogP contribution in [0.3, 0.4) is 0 Å². The molecule has 0 spiro atoms. The summed E-state index contributed by atoms with van der Waals surface area (Å²) in [6.45, 7) is 1.95. The van der Waals surface area contributed by atoms with E-state index < -0.39 is 11.3 Å². The number of halogens is 1. The third kappa shape index (κ3) is 1.14. The number of fused-ring (bicyclic) bond motifs is 3. The van der Waals surface area contributed by atoms with E-state index >= 15 is 0 Å². The van der Waals surface area contributed by atoms with Crippen LogP contribution < -0.4 is 0 Å². The molecular weight excluding hydrogens is 167 g/mol. The first kappa shape index (κ1) is 9.45. The molecule has 2 heteroatoms. The summed E-state index contributed by atoms with van der Waals surface area (Å²) in [6.07, 6.45) is 5.53. The summed E-state index contributed by atoms with van der Waals surface area (Å²) in [4.78, 5) is 0. The Hall–Kier alpha value is -0.110. The largest absolute Gasteiger partial charge is 0.375 e. The number of alkyl halides is 1. The SMILES string of the molecule is CCC1(F)CC2CCC1(OC)CC2. The van der Waals surface area contributed by atoms with Gasteiger partial charge in [0.15, 0.2) is 0 Å². The van der Waals surface area contributed by atoms with E-state index in [9.17, 15) is 4.39 Å². The van der Waals surface area contributed by atoms with Crippen molar-refractivity contribution in [3.8, 4) is 0 Å². The van der Waals surface area contributed by atoms with Crippen molar-refractivity contribution < 1.29 is 9.13 Å². The lowest BCUT2D eigenvalue weighted by atomic mass is 9.59. The monoisotopic (exact) mass is 186 g/mol. The lowest BCUT2D eigenvalue weighted by Gasteiger charge is -2.54. The zero-order valence-electron chi connectivity index (χ0n) is 8.61. The lowest BCUT2D eigenvalue weighted by Crippen LogP contribution is -2.59. The number of hydrogen-bond donors (Lipinski definition) is 0. The molecule has 76 valence electrons. The average molecular weight is 186 g/mol. The van der Waals surface area contributed by atoms with E-state index in [4.69, 9.17) is 4.74 Å². The predicted octanol–water partition coefficient (Wildman–Crippen LogP) is 3.08. The van der Waals surface area contributed by atoms with E-state index in [0.717, 1.165) is 19.3 Å². The maximum Gasteiger partial charge on any atom is 0.139 e. The first-order chi connectivity index (χ1) is 6.16. The molecule has 0 saturated heterocycles. The molecular formula is C11H19FO. The molecule has 0 aliphatic heterocycles. The highest BCUT2D eigenvalue weighted by Gasteiger charge is 2.58. The lowest BCUT2D eigenvalue weighted by molar-refractivity contribution is -0.194. The number of rotatable bonds is 2. The highest BCUT2D eigenvalue weighted by Crippen LogP contribution is 2.55. The average Bonchev–Trinajstić information content (AvgIpc) is 2.19. The molecule has 0 amide bonds. The van der Waals surface area contributed by atoms with Gasteiger partial charge in [-0.15, -0.1) is 0 Å². The Morgan fingerprint density at radius 2 is 2.00 bits per heavy atom. The van der Waals surface area contributed by atoms with Gasteiger partial charge >= 0.3 is 0 Å².